The van der Waals surface area contributed by atoms with Crippen LogP contribution in [-0.4, -0.2) is 6.29 Å². The predicted octanol–water partition coefficient (Wildman–Crippen LogP) is 4.46. The van der Waals surface area contributed by atoms with E-state index in [-0.39, 0.29) is 0 Å². The van der Waals surface area contributed by atoms with Gasteiger partial charge in [-0.3, -0.25) is 4.79 Å². The van der Waals surface area contributed by atoms with Crippen molar-refractivity contribution in [2.24, 2.45) is 0 Å². The zero-order valence-corrected chi connectivity index (χ0v) is 11.4. The molecule has 0 unspecified atom stereocenters. The van der Waals surface area contributed by atoms with Crippen LogP contribution in [0.1, 0.15) is 17.5 Å². The van der Waals surface area contributed by atoms with Crippen molar-refractivity contribution >= 4 is 12.4 Å². The minimum absolute atomic E-state index is 0.698. The van der Waals surface area contributed by atoms with E-state index in [1.54, 1.807) is 0 Å². The predicted molar refractivity (Wildman–Crippen MR) is 84.4 cm³/mol. The molecular weight excluding hydrogens is 244 g/mol. The topological polar surface area (TPSA) is 17.1 Å². The van der Waals surface area contributed by atoms with Gasteiger partial charge < -0.3 is 0 Å². The molecule has 0 fully saturated rings. The summed E-state index contributed by atoms with van der Waals surface area (Å²) in [5.41, 5.74) is 3.06. The molecule has 0 aromatic heterocycles. The minimum Gasteiger partial charge on any atom is -0.298 e. The summed E-state index contributed by atoms with van der Waals surface area (Å²) in [4.78, 5) is 11.1. The van der Waals surface area contributed by atoms with Crippen molar-refractivity contribution in [3.05, 3.63) is 89.5 Å². The van der Waals surface area contributed by atoms with Crippen LogP contribution in [0.3, 0.4) is 0 Å². The summed E-state index contributed by atoms with van der Waals surface area (Å²) >= 11 is 0. The van der Waals surface area contributed by atoms with Gasteiger partial charge in [0.05, 0.1) is 0 Å². The van der Waals surface area contributed by atoms with Crippen LogP contribution >= 0.6 is 0 Å². The van der Waals surface area contributed by atoms with Gasteiger partial charge in [0, 0.05) is 5.57 Å². The van der Waals surface area contributed by atoms with Gasteiger partial charge in [0.15, 0.2) is 0 Å². The van der Waals surface area contributed by atoms with Crippen molar-refractivity contribution in [2.45, 2.75) is 12.8 Å². The number of carbonyl (C=O) groups excluding carboxylic acids is 1. The molecule has 0 saturated carbocycles. The third-order valence-electron chi connectivity index (χ3n) is 3.02. The van der Waals surface area contributed by atoms with E-state index in [0.29, 0.717) is 5.57 Å². The number of carbonyl (C=O) groups is 1. The lowest BCUT2D eigenvalue weighted by atomic mass is 10.1. The van der Waals surface area contributed by atoms with Gasteiger partial charge in [-0.25, -0.2) is 0 Å². The third-order valence-corrected chi connectivity index (χ3v) is 3.02. The molecule has 0 aliphatic carbocycles. The maximum absolute atomic E-state index is 11.1. The number of allylic oxidation sites excluding steroid dienone is 3. The Bertz CT molecular complexity index is 580. The Labute approximate surface area is 120 Å². The fourth-order valence-corrected chi connectivity index (χ4v) is 1.98. The number of rotatable bonds is 6. The summed E-state index contributed by atoms with van der Waals surface area (Å²) in [7, 11) is 0. The van der Waals surface area contributed by atoms with Crippen molar-refractivity contribution < 1.29 is 4.79 Å². The second kappa shape index (κ2) is 7.90. The van der Waals surface area contributed by atoms with E-state index in [1.807, 2.05) is 60.7 Å². The SMILES string of the molecule is O=CC(/C=C/CCc1ccccc1)=C/c1ccccc1. The zero-order chi connectivity index (χ0) is 14.0. The largest absolute Gasteiger partial charge is 0.298 e. The van der Waals surface area contributed by atoms with Crippen LogP contribution in [0.25, 0.3) is 6.08 Å². The molecule has 0 bridgehead atoms. The van der Waals surface area contributed by atoms with Crippen LogP contribution in [-0.2, 0) is 11.2 Å². The Hall–Kier alpha value is -2.41. The van der Waals surface area contributed by atoms with Crippen LogP contribution in [0.4, 0.5) is 0 Å². The van der Waals surface area contributed by atoms with Crippen LogP contribution in [0.2, 0.25) is 0 Å². The van der Waals surface area contributed by atoms with E-state index in [4.69, 9.17) is 0 Å². The molecule has 2 rings (SSSR count). The van der Waals surface area contributed by atoms with Gasteiger partial charge in [-0.1, -0.05) is 72.8 Å². The number of hydrogen-bond donors (Lipinski definition) is 0. The normalized spacial score (nSPS) is 11.7. The van der Waals surface area contributed by atoms with Gasteiger partial charge in [0.25, 0.3) is 0 Å². The van der Waals surface area contributed by atoms with E-state index >= 15 is 0 Å². The molecule has 0 atom stereocenters. The van der Waals surface area contributed by atoms with E-state index in [9.17, 15) is 4.79 Å². The molecule has 20 heavy (non-hydrogen) atoms. The standard InChI is InChI=1S/C19H18O/c20-16-19(15-18-12-5-2-6-13-18)14-8-7-11-17-9-3-1-4-10-17/h1-6,8-10,12-16H,7,11H2/b14-8+,19-15+. The smallest absolute Gasteiger partial charge is 0.150 e. The maximum Gasteiger partial charge on any atom is 0.150 e. The second-order valence-corrected chi connectivity index (χ2v) is 4.60. The Morgan fingerprint density at radius 1 is 0.900 bits per heavy atom. The van der Waals surface area contributed by atoms with Gasteiger partial charge in [0.2, 0.25) is 0 Å². The van der Waals surface area contributed by atoms with Crippen molar-refractivity contribution in [1.29, 1.82) is 0 Å². The lowest BCUT2D eigenvalue weighted by molar-refractivity contribution is -0.104. The molecule has 0 saturated heterocycles. The Balaban J connectivity index is 1.92. The summed E-state index contributed by atoms with van der Waals surface area (Å²) in [6.07, 6.45) is 8.66. The first kappa shape index (κ1) is 14.0. The average Bonchev–Trinajstić information content (AvgIpc) is 2.52. The molecular formula is C19H18O. The Kier molecular flexibility index (Phi) is 5.53. The molecule has 0 amide bonds. The Morgan fingerprint density at radius 2 is 1.55 bits per heavy atom. The lowest BCUT2D eigenvalue weighted by Gasteiger charge is -1.97. The number of benzene rings is 2. The van der Waals surface area contributed by atoms with E-state index < -0.39 is 0 Å². The lowest BCUT2D eigenvalue weighted by Crippen LogP contribution is -1.83. The highest BCUT2D eigenvalue weighted by atomic mass is 16.1. The number of hydrogen-bond acceptors (Lipinski definition) is 1. The molecule has 0 radical (unpaired) electrons. The highest BCUT2D eigenvalue weighted by molar-refractivity contribution is 5.85. The van der Waals surface area contributed by atoms with Gasteiger partial charge in [-0.05, 0) is 30.0 Å². The maximum atomic E-state index is 11.1. The van der Waals surface area contributed by atoms with Crippen LogP contribution in [0.5, 0.6) is 0 Å². The molecule has 100 valence electrons. The zero-order valence-electron chi connectivity index (χ0n) is 11.4. The van der Waals surface area contributed by atoms with Gasteiger partial charge in [-0.2, -0.15) is 0 Å². The average molecular weight is 262 g/mol. The molecule has 0 spiro atoms. The summed E-state index contributed by atoms with van der Waals surface area (Å²) in [6.45, 7) is 0. The molecule has 1 heteroatoms. The summed E-state index contributed by atoms with van der Waals surface area (Å²) in [5.74, 6) is 0. The summed E-state index contributed by atoms with van der Waals surface area (Å²) in [5, 5.41) is 0. The first-order valence-corrected chi connectivity index (χ1v) is 6.81. The molecule has 0 aliphatic heterocycles. The molecule has 0 N–H and O–H groups in total. The number of aldehydes is 1. The third kappa shape index (κ3) is 4.69. The molecule has 1 nitrogen and oxygen atoms in total. The fourth-order valence-electron chi connectivity index (χ4n) is 1.98. The summed E-state index contributed by atoms with van der Waals surface area (Å²) in [6, 6.07) is 20.2. The van der Waals surface area contributed by atoms with Crippen molar-refractivity contribution in [3.8, 4) is 0 Å². The molecule has 0 heterocycles. The van der Waals surface area contributed by atoms with Crippen molar-refractivity contribution in [3.63, 3.8) is 0 Å². The molecule has 2 aromatic carbocycles. The first-order chi connectivity index (χ1) is 9.88. The van der Waals surface area contributed by atoms with Crippen LogP contribution < -0.4 is 0 Å². The monoisotopic (exact) mass is 262 g/mol. The summed E-state index contributed by atoms with van der Waals surface area (Å²) < 4.78 is 0. The van der Waals surface area contributed by atoms with Crippen LogP contribution in [0.15, 0.2) is 78.4 Å². The minimum atomic E-state index is 0.698. The van der Waals surface area contributed by atoms with Gasteiger partial charge in [-0.15, -0.1) is 0 Å². The van der Waals surface area contributed by atoms with Crippen LogP contribution in [0, 0.1) is 0 Å². The molecule has 0 aliphatic rings. The van der Waals surface area contributed by atoms with E-state index in [1.165, 1.54) is 5.56 Å². The van der Waals surface area contributed by atoms with Gasteiger partial charge >= 0.3 is 0 Å². The van der Waals surface area contributed by atoms with E-state index in [0.717, 1.165) is 24.7 Å². The van der Waals surface area contributed by atoms with Crippen molar-refractivity contribution in [1.82, 2.24) is 0 Å². The second-order valence-electron chi connectivity index (χ2n) is 4.60. The highest BCUT2D eigenvalue weighted by Gasteiger charge is 1.92. The van der Waals surface area contributed by atoms with Crippen molar-refractivity contribution in [2.75, 3.05) is 0 Å². The number of aryl methyl sites for hydroxylation is 1. The molecule has 2 aromatic rings. The van der Waals surface area contributed by atoms with E-state index in [2.05, 4.69) is 18.2 Å². The first-order valence-electron chi connectivity index (χ1n) is 6.81. The highest BCUT2D eigenvalue weighted by Crippen LogP contribution is 2.08. The van der Waals surface area contributed by atoms with Gasteiger partial charge in [0.1, 0.15) is 6.29 Å². The Morgan fingerprint density at radius 3 is 2.20 bits per heavy atom. The quantitative estimate of drug-likeness (QED) is 0.427. The fraction of sp³-hybridized carbons (Fsp3) is 0.105.